The largest absolute Gasteiger partial charge is 0.487 e. The van der Waals surface area contributed by atoms with Crippen molar-refractivity contribution in [2.45, 2.75) is 26.6 Å². The van der Waals surface area contributed by atoms with Crippen molar-refractivity contribution in [2.75, 3.05) is 6.54 Å². The molecule has 0 saturated carbocycles. The van der Waals surface area contributed by atoms with E-state index in [1.165, 1.54) is 0 Å². The average molecular weight is 354 g/mol. The molecule has 0 aliphatic carbocycles. The van der Waals surface area contributed by atoms with Crippen LogP contribution in [0, 0.1) is 6.92 Å². The molecule has 2 aromatic heterocycles. The fourth-order valence-electron chi connectivity index (χ4n) is 2.86. The Kier molecular flexibility index (Phi) is 4.23. The van der Waals surface area contributed by atoms with E-state index in [2.05, 4.69) is 10.1 Å². The molecule has 0 spiro atoms. The number of carbonyl (C=O) groups is 1. The summed E-state index contributed by atoms with van der Waals surface area (Å²) in [6, 6.07) is 11.4. The number of aryl methyl sites for hydroxylation is 1. The van der Waals surface area contributed by atoms with E-state index in [1.807, 2.05) is 53.6 Å². The van der Waals surface area contributed by atoms with E-state index in [4.69, 9.17) is 4.74 Å². The third kappa shape index (κ3) is 3.41. The Morgan fingerprint density at radius 1 is 1.20 bits per heavy atom. The van der Waals surface area contributed by atoms with E-state index in [9.17, 15) is 4.79 Å². The molecular formula is C18H18N4O2S. The molecule has 0 N–H and O–H groups in total. The number of nitrogens with zero attached hydrogens (tertiary/aromatic N) is 4. The molecule has 0 saturated heterocycles. The molecule has 7 heteroatoms. The highest BCUT2D eigenvalue weighted by atomic mass is 32.1. The highest BCUT2D eigenvalue weighted by Crippen LogP contribution is 2.19. The van der Waals surface area contributed by atoms with Crippen LogP contribution in [0.25, 0.3) is 0 Å². The number of ether oxygens (including phenoxy) is 1. The summed E-state index contributed by atoms with van der Waals surface area (Å²) in [7, 11) is 0. The molecule has 128 valence electrons. The predicted molar refractivity (Wildman–Crippen MR) is 94.6 cm³/mol. The molecule has 0 unspecified atom stereocenters. The second-order valence-electron chi connectivity index (χ2n) is 5.93. The molecule has 0 atom stereocenters. The van der Waals surface area contributed by atoms with Crippen molar-refractivity contribution in [3.63, 3.8) is 0 Å². The summed E-state index contributed by atoms with van der Waals surface area (Å²) in [5, 5.41) is 7.52. The van der Waals surface area contributed by atoms with Crippen LogP contribution >= 0.6 is 11.3 Å². The van der Waals surface area contributed by atoms with Crippen molar-refractivity contribution in [3.05, 3.63) is 63.9 Å². The van der Waals surface area contributed by atoms with E-state index in [0.29, 0.717) is 31.9 Å². The molecule has 1 aromatic carbocycles. The van der Waals surface area contributed by atoms with Crippen LogP contribution in [0.4, 0.5) is 0 Å². The molecule has 6 nitrogen and oxygen atoms in total. The maximum Gasteiger partial charge on any atom is 0.272 e. The summed E-state index contributed by atoms with van der Waals surface area (Å²) in [5.74, 6) is 0.788. The first-order valence-corrected chi connectivity index (χ1v) is 9.02. The molecule has 1 aliphatic rings. The number of benzene rings is 1. The molecule has 3 aromatic rings. The fraction of sp³-hybridized carbons (Fsp3) is 0.278. The molecule has 25 heavy (non-hydrogen) atoms. The number of aromatic nitrogens is 3. The van der Waals surface area contributed by atoms with Gasteiger partial charge in [-0.05, 0) is 25.1 Å². The number of amides is 1. The van der Waals surface area contributed by atoms with Crippen molar-refractivity contribution in [2.24, 2.45) is 0 Å². The third-order valence-electron chi connectivity index (χ3n) is 4.07. The molecular weight excluding hydrogens is 336 g/mol. The van der Waals surface area contributed by atoms with Crippen molar-refractivity contribution >= 4 is 17.2 Å². The standard InChI is InChI=1S/C18H18N4O2S/c1-13-19-15(12-25-13)10-21-7-8-22-17(18(21)23)9-14(20-22)11-24-16-5-3-2-4-6-16/h2-6,9,12H,7-8,10-11H2,1H3. The quantitative estimate of drug-likeness (QED) is 0.707. The molecule has 0 fully saturated rings. The van der Waals surface area contributed by atoms with Crippen LogP contribution in [0.1, 0.15) is 26.9 Å². The Hall–Kier alpha value is -2.67. The molecule has 4 rings (SSSR count). The topological polar surface area (TPSA) is 60.3 Å². The highest BCUT2D eigenvalue weighted by Gasteiger charge is 2.27. The lowest BCUT2D eigenvalue weighted by Gasteiger charge is -2.26. The number of fused-ring (bicyclic) bond motifs is 1. The van der Waals surface area contributed by atoms with E-state index < -0.39 is 0 Å². The van der Waals surface area contributed by atoms with Gasteiger partial charge in [-0.3, -0.25) is 9.48 Å². The summed E-state index contributed by atoms with van der Waals surface area (Å²) in [4.78, 5) is 19.0. The zero-order valence-corrected chi connectivity index (χ0v) is 14.7. The first-order valence-electron chi connectivity index (χ1n) is 8.14. The van der Waals surface area contributed by atoms with Crippen LogP contribution in [0.3, 0.4) is 0 Å². The van der Waals surface area contributed by atoms with Crippen LogP contribution in [-0.2, 0) is 19.7 Å². The SMILES string of the molecule is Cc1nc(CN2CCn3nc(COc4ccccc4)cc3C2=O)cs1. The minimum absolute atomic E-state index is 0.00429. The van der Waals surface area contributed by atoms with Crippen molar-refractivity contribution in [1.82, 2.24) is 19.7 Å². The number of para-hydroxylation sites is 1. The van der Waals surface area contributed by atoms with Gasteiger partial charge in [-0.1, -0.05) is 18.2 Å². The van der Waals surface area contributed by atoms with Gasteiger partial charge in [0.05, 0.1) is 23.8 Å². The van der Waals surface area contributed by atoms with Crippen molar-refractivity contribution < 1.29 is 9.53 Å². The summed E-state index contributed by atoms with van der Waals surface area (Å²) < 4.78 is 7.49. The Balaban J connectivity index is 1.45. The molecule has 0 bridgehead atoms. The molecule has 0 radical (unpaired) electrons. The molecule has 3 heterocycles. The van der Waals surface area contributed by atoms with Gasteiger partial charge in [-0.15, -0.1) is 11.3 Å². The average Bonchev–Trinajstić information content (AvgIpc) is 3.23. The Morgan fingerprint density at radius 2 is 2.04 bits per heavy atom. The summed E-state index contributed by atoms with van der Waals surface area (Å²) in [6.45, 7) is 4.20. The summed E-state index contributed by atoms with van der Waals surface area (Å²) in [6.07, 6.45) is 0. The number of rotatable bonds is 5. The van der Waals surface area contributed by atoms with Gasteiger partial charge < -0.3 is 9.64 Å². The lowest BCUT2D eigenvalue weighted by atomic mass is 10.2. The lowest BCUT2D eigenvalue weighted by molar-refractivity contribution is 0.0681. The van der Waals surface area contributed by atoms with Crippen LogP contribution in [0.5, 0.6) is 5.75 Å². The van der Waals surface area contributed by atoms with Crippen molar-refractivity contribution in [1.29, 1.82) is 0 Å². The highest BCUT2D eigenvalue weighted by molar-refractivity contribution is 7.09. The van der Waals surface area contributed by atoms with Crippen LogP contribution in [0.15, 0.2) is 41.8 Å². The van der Waals surface area contributed by atoms with Gasteiger partial charge in [-0.2, -0.15) is 5.10 Å². The number of carbonyl (C=O) groups excluding carboxylic acids is 1. The van der Waals surface area contributed by atoms with Gasteiger partial charge in [0.1, 0.15) is 23.7 Å². The Morgan fingerprint density at radius 3 is 2.80 bits per heavy atom. The number of thiazole rings is 1. The summed E-state index contributed by atoms with van der Waals surface area (Å²) >= 11 is 1.61. The minimum atomic E-state index is -0.00429. The van der Waals surface area contributed by atoms with Gasteiger partial charge in [0.25, 0.3) is 5.91 Å². The maximum atomic E-state index is 12.7. The van der Waals surface area contributed by atoms with Gasteiger partial charge in [-0.25, -0.2) is 4.98 Å². The second kappa shape index (κ2) is 6.68. The smallest absolute Gasteiger partial charge is 0.272 e. The van der Waals surface area contributed by atoms with Gasteiger partial charge in [0.15, 0.2) is 0 Å². The van der Waals surface area contributed by atoms with Gasteiger partial charge in [0.2, 0.25) is 0 Å². The lowest BCUT2D eigenvalue weighted by Crippen LogP contribution is -2.39. The van der Waals surface area contributed by atoms with E-state index in [1.54, 1.807) is 16.0 Å². The number of hydrogen-bond acceptors (Lipinski definition) is 5. The van der Waals surface area contributed by atoms with Crippen LogP contribution in [-0.4, -0.2) is 32.1 Å². The fourth-order valence-corrected chi connectivity index (χ4v) is 3.47. The summed E-state index contributed by atoms with van der Waals surface area (Å²) in [5.41, 5.74) is 2.32. The normalized spacial score (nSPS) is 13.8. The molecule has 1 aliphatic heterocycles. The maximum absolute atomic E-state index is 12.7. The Labute approximate surface area is 149 Å². The second-order valence-corrected chi connectivity index (χ2v) is 6.99. The first-order chi connectivity index (χ1) is 12.2. The van der Waals surface area contributed by atoms with Crippen LogP contribution < -0.4 is 4.74 Å². The monoisotopic (exact) mass is 354 g/mol. The zero-order chi connectivity index (χ0) is 17.2. The predicted octanol–water partition coefficient (Wildman–Crippen LogP) is 2.88. The van der Waals surface area contributed by atoms with Gasteiger partial charge in [0, 0.05) is 11.9 Å². The minimum Gasteiger partial charge on any atom is -0.487 e. The first kappa shape index (κ1) is 15.8. The van der Waals surface area contributed by atoms with Crippen molar-refractivity contribution in [3.8, 4) is 5.75 Å². The van der Waals surface area contributed by atoms with Crippen LogP contribution in [0.2, 0.25) is 0 Å². The van der Waals surface area contributed by atoms with Gasteiger partial charge >= 0.3 is 0 Å². The van der Waals surface area contributed by atoms with E-state index in [0.717, 1.165) is 22.1 Å². The van der Waals surface area contributed by atoms with E-state index >= 15 is 0 Å². The van der Waals surface area contributed by atoms with E-state index in [-0.39, 0.29) is 5.91 Å². The zero-order valence-electron chi connectivity index (χ0n) is 13.9. The Bertz CT molecular complexity index is 888. The molecule has 1 amide bonds. The third-order valence-corrected chi connectivity index (χ3v) is 4.89. The number of hydrogen-bond donors (Lipinski definition) is 0.